The number of hydrogen-bond donors (Lipinski definition) is 2. The Balaban J connectivity index is 2.50. The zero-order valence-electron chi connectivity index (χ0n) is 10.6. The first-order valence-corrected chi connectivity index (χ1v) is 6.54. The van der Waals surface area contributed by atoms with Gasteiger partial charge in [-0.3, -0.25) is 19.0 Å². The van der Waals surface area contributed by atoms with Crippen LogP contribution in [0.5, 0.6) is 0 Å². The van der Waals surface area contributed by atoms with E-state index in [9.17, 15) is 9.59 Å². The number of H-pyrrole nitrogens is 1. The molecule has 19 heavy (non-hydrogen) atoms. The van der Waals surface area contributed by atoms with Gasteiger partial charge in [-0.25, -0.2) is 4.79 Å². The monoisotopic (exact) mass is 327 g/mol. The average Bonchev–Trinajstić information content (AvgIpc) is 2.63. The lowest BCUT2D eigenvalue weighted by Crippen LogP contribution is -2.31. The summed E-state index contributed by atoms with van der Waals surface area (Å²) in [4.78, 5) is 25.1. The molecule has 0 spiro atoms. The van der Waals surface area contributed by atoms with Crippen molar-refractivity contribution in [1.29, 1.82) is 0 Å². The molecule has 0 aliphatic carbocycles. The van der Waals surface area contributed by atoms with E-state index < -0.39 is 11.2 Å². The van der Waals surface area contributed by atoms with Crippen LogP contribution in [0.15, 0.2) is 20.3 Å². The topological polar surface area (TPSA) is 98.7 Å². The third kappa shape index (κ3) is 2.48. The quantitative estimate of drug-likeness (QED) is 0.855. The number of nitrogens with zero attached hydrogens (tertiary/aromatic N) is 3. The van der Waals surface area contributed by atoms with Gasteiger partial charge in [0, 0.05) is 12.7 Å². The van der Waals surface area contributed by atoms with E-state index in [1.165, 1.54) is 10.8 Å². The molecule has 0 aliphatic heterocycles. The van der Waals surface area contributed by atoms with Gasteiger partial charge in [-0.2, -0.15) is 5.10 Å². The zero-order valence-corrected chi connectivity index (χ0v) is 12.2. The van der Waals surface area contributed by atoms with Crippen molar-refractivity contribution in [2.45, 2.75) is 26.9 Å². The van der Waals surface area contributed by atoms with Crippen LogP contribution in [0.3, 0.4) is 0 Å². The maximum Gasteiger partial charge on any atom is 0.328 e. The molecule has 0 saturated carbocycles. The number of aromatic nitrogens is 4. The van der Waals surface area contributed by atoms with E-state index in [4.69, 9.17) is 5.73 Å². The van der Waals surface area contributed by atoms with E-state index in [1.54, 1.807) is 4.68 Å². The molecule has 0 atom stereocenters. The average molecular weight is 328 g/mol. The Kier molecular flexibility index (Phi) is 3.61. The standard InChI is InChI=1S/C11H14BrN5O2/c1-3-17-8(9(12)6(2)15-17)5-16-4-7(13)10(18)14-11(16)19/h4H,3,5,13H2,1-2H3,(H,14,18,19). The maximum absolute atomic E-state index is 11.7. The molecule has 102 valence electrons. The number of aryl methyl sites for hydroxylation is 2. The fraction of sp³-hybridized carbons (Fsp3) is 0.364. The van der Waals surface area contributed by atoms with Crippen LogP contribution in [0, 0.1) is 6.92 Å². The van der Waals surface area contributed by atoms with Crippen molar-refractivity contribution in [3.63, 3.8) is 0 Å². The van der Waals surface area contributed by atoms with Crippen molar-refractivity contribution < 1.29 is 0 Å². The molecule has 0 bridgehead atoms. The smallest absolute Gasteiger partial charge is 0.328 e. The number of nitrogens with two attached hydrogens (primary N) is 1. The van der Waals surface area contributed by atoms with Crippen LogP contribution in [0.1, 0.15) is 18.3 Å². The summed E-state index contributed by atoms with van der Waals surface area (Å²) in [5, 5.41) is 4.35. The molecule has 0 aromatic carbocycles. The molecule has 2 rings (SSSR count). The van der Waals surface area contributed by atoms with E-state index in [0.29, 0.717) is 6.54 Å². The Bertz CT molecular complexity index is 728. The van der Waals surface area contributed by atoms with Crippen molar-refractivity contribution >= 4 is 21.6 Å². The van der Waals surface area contributed by atoms with E-state index in [2.05, 4.69) is 26.0 Å². The fourth-order valence-electron chi connectivity index (χ4n) is 1.83. The van der Waals surface area contributed by atoms with Gasteiger partial charge >= 0.3 is 5.69 Å². The van der Waals surface area contributed by atoms with Gasteiger partial charge in [-0.05, 0) is 29.8 Å². The first-order chi connectivity index (χ1) is 8.93. The highest BCUT2D eigenvalue weighted by Crippen LogP contribution is 2.21. The van der Waals surface area contributed by atoms with Crippen molar-refractivity contribution in [2.24, 2.45) is 0 Å². The van der Waals surface area contributed by atoms with Crippen LogP contribution in [-0.2, 0) is 13.1 Å². The van der Waals surface area contributed by atoms with Gasteiger partial charge in [0.1, 0.15) is 5.69 Å². The maximum atomic E-state index is 11.7. The lowest BCUT2D eigenvalue weighted by molar-refractivity contribution is 0.585. The van der Waals surface area contributed by atoms with Gasteiger partial charge in [-0.15, -0.1) is 0 Å². The normalized spacial score (nSPS) is 10.9. The molecule has 8 heteroatoms. The van der Waals surface area contributed by atoms with Crippen LogP contribution >= 0.6 is 15.9 Å². The number of nitrogens with one attached hydrogen (secondary N) is 1. The minimum absolute atomic E-state index is 0.00927. The molecule has 2 aromatic rings. The molecule has 7 nitrogen and oxygen atoms in total. The van der Waals surface area contributed by atoms with E-state index in [-0.39, 0.29) is 12.2 Å². The van der Waals surface area contributed by atoms with E-state index in [0.717, 1.165) is 15.9 Å². The first kappa shape index (κ1) is 13.6. The van der Waals surface area contributed by atoms with Gasteiger partial charge in [0.05, 0.1) is 22.4 Å². The van der Waals surface area contributed by atoms with Gasteiger partial charge in [0.25, 0.3) is 5.56 Å². The molecular weight excluding hydrogens is 314 g/mol. The third-order valence-corrected chi connectivity index (χ3v) is 3.84. The van der Waals surface area contributed by atoms with Gasteiger partial charge in [0.2, 0.25) is 0 Å². The molecule has 3 N–H and O–H groups in total. The number of anilines is 1. The summed E-state index contributed by atoms with van der Waals surface area (Å²) >= 11 is 3.45. The Hall–Kier alpha value is -1.83. The molecular formula is C11H14BrN5O2. The second kappa shape index (κ2) is 5.04. The summed E-state index contributed by atoms with van der Waals surface area (Å²) < 4.78 is 4.00. The second-order valence-corrected chi connectivity index (χ2v) is 4.93. The molecule has 2 heterocycles. The number of halogens is 1. The van der Waals surface area contributed by atoms with Crippen molar-refractivity contribution in [1.82, 2.24) is 19.3 Å². The summed E-state index contributed by atoms with van der Waals surface area (Å²) in [6, 6.07) is 0. The molecule has 0 unspecified atom stereocenters. The van der Waals surface area contributed by atoms with Crippen molar-refractivity contribution in [3.05, 3.63) is 42.9 Å². The predicted octanol–water partition coefficient (Wildman–Crippen LogP) is 0.454. The molecule has 0 aliphatic rings. The summed E-state index contributed by atoms with van der Waals surface area (Å²) in [6.45, 7) is 4.82. The predicted molar refractivity (Wildman–Crippen MR) is 75.2 cm³/mol. The number of rotatable bonds is 3. The molecule has 0 amide bonds. The summed E-state index contributed by atoms with van der Waals surface area (Å²) in [6.07, 6.45) is 1.34. The van der Waals surface area contributed by atoms with Gasteiger partial charge < -0.3 is 5.73 Å². The third-order valence-electron chi connectivity index (χ3n) is 2.81. The van der Waals surface area contributed by atoms with E-state index in [1.807, 2.05) is 13.8 Å². The SMILES string of the molecule is CCn1nc(C)c(Br)c1Cn1cc(N)c(=O)[nH]c1=O. The van der Waals surface area contributed by atoms with Crippen LogP contribution in [0.4, 0.5) is 5.69 Å². The van der Waals surface area contributed by atoms with Crippen molar-refractivity contribution in [3.8, 4) is 0 Å². The highest BCUT2D eigenvalue weighted by atomic mass is 79.9. The largest absolute Gasteiger partial charge is 0.393 e. The van der Waals surface area contributed by atoms with Crippen LogP contribution < -0.4 is 17.0 Å². The number of aromatic amines is 1. The van der Waals surface area contributed by atoms with E-state index >= 15 is 0 Å². The van der Waals surface area contributed by atoms with Crippen molar-refractivity contribution in [2.75, 3.05) is 5.73 Å². The summed E-state index contributed by atoms with van der Waals surface area (Å²) in [5.74, 6) is 0. The number of hydrogen-bond acceptors (Lipinski definition) is 4. The first-order valence-electron chi connectivity index (χ1n) is 5.75. The lowest BCUT2D eigenvalue weighted by Gasteiger charge is -2.08. The Labute approximate surface area is 117 Å². The zero-order chi connectivity index (χ0) is 14.2. The highest BCUT2D eigenvalue weighted by Gasteiger charge is 2.13. The molecule has 0 fully saturated rings. The Morgan fingerprint density at radius 1 is 1.47 bits per heavy atom. The van der Waals surface area contributed by atoms with Gasteiger partial charge in [-0.1, -0.05) is 0 Å². The van der Waals surface area contributed by atoms with Crippen LogP contribution in [-0.4, -0.2) is 19.3 Å². The highest BCUT2D eigenvalue weighted by molar-refractivity contribution is 9.10. The second-order valence-electron chi connectivity index (χ2n) is 4.13. The minimum atomic E-state index is -0.569. The van der Waals surface area contributed by atoms with Gasteiger partial charge in [0.15, 0.2) is 0 Å². The lowest BCUT2D eigenvalue weighted by atomic mass is 10.3. The molecule has 0 saturated heterocycles. The van der Waals surface area contributed by atoms with Crippen LogP contribution in [0.25, 0.3) is 0 Å². The Morgan fingerprint density at radius 3 is 2.79 bits per heavy atom. The Morgan fingerprint density at radius 2 is 2.16 bits per heavy atom. The summed E-state index contributed by atoms with van der Waals surface area (Å²) in [7, 11) is 0. The minimum Gasteiger partial charge on any atom is -0.393 e. The molecule has 0 radical (unpaired) electrons. The summed E-state index contributed by atoms with van der Waals surface area (Å²) in [5.41, 5.74) is 6.17. The van der Waals surface area contributed by atoms with Crippen LogP contribution in [0.2, 0.25) is 0 Å². The molecule has 2 aromatic heterocycles. The number of nitrogen functional groups attached to an aromatic ring is 1. The fourth-order valence-corrected chi connectivity index (χ4v) is 2.23.